The SMILES string of the molecule is C=C.C=C.CC(O)CCO. The smallest absolute Gasteiger partial charge is 0.0533 e. The quantitative estimate of drug-likeness (QED) is 0.577. The molecule has 1 atom stereocenters. The lowest BCUT2D eigenvalue weighted by Crippen LogP contribution is -2.00. The summed E-state index contributed by atoms with van der Waals surface area (Å²) in [5, 5.41) is 16.5. The van der Waals surface area contributed by atoms with Crippen LogP contribution in [-0.2, 0) is 0 Å². The van der Waals surface area contributed by atoms with Gasteiger partial charge in [0.05, 0.1) is 6.10 Å². The van der Waals surface area contributed by atoms with Crippen LogP contribution in [0.1, 0.15) is 13.3 Å². The summed E-state index contributed by atoms with van der Waals surface area (Å²) in [6, 6.07) is 0. The van der Waals surface area contributed by atoms with E-state index in [1.807, 2.05) is 0 Å². The molecule has 0 aromatic carbocycles. The summed E-state index contributed by atoms with van der Waals surface area (Å²) >= 11 is 0. The molecule has 0 bridgehead atoms. The Morgan fingerprint density at radius 1 is 1.20 bits per heavy atom. The van der Waals surface area contributed by atoms with Gasteiger partial charge >= 0.3 is 0 Å². The molecule has 0 heterocycles. The van der Waals surface area contributed by atoms with E-state index >= 15 is 0 Å². The summed E-state index contributed by atoms with van der Waals surface area (Å²) in [7, 11) is 0. The van der Waals surface area contributed by atoms with Crippen LogP contribution in [0.2, 0.25) is 0 Å². The van der Waals surface area contributed by atoms with Gasteiger partial charge in [-0.3, -0.25) is 0 Å². The molecule has 2 heteroatoms. The summed E-state index contributed by atoms with van der Waals surface area (Å²) < 4.78 is 0. The van der Waals surface area contributed by atoms with Crippen LogP contribution >= 0.6 is 0 Å². The van der Waals surface area contributed by atoms with Crippen molar-refractivity contribution in [1.29, 1.82) is 0 Å². The van der Waals surface area contributed by atoms with Crippen molar-refractivity contribution in [2.75, 3.05) is 6.61 Å². The fraction of sp³-hybridized carbons (Fsp3) is 0.500. The van der Waals surface area contributed by atoms with Gasteiger partial charge in [-0.2, -0.15) is 0 Å². The molecular weight excluding hydrogens is 128 g/mol. The number of hydrogen-bond acceptors (Lipinski definition) is 2. The topological polar surface area (TPSA) is 40.5 Å². The second-order valence-corrected chi connectivity index (χ2v) is 1.36. The van der Waals surface area contributed by atoms with Gasteiger partial charge in [-0.15, -0.1) is 26.3 Å². The van der Waals surface area contributed by atoms with Crippen LogP contribution in [0.3, 0.4) is 0 Å². The molecule has 0 saturated carbocycles. The zero-order chi connectivity index (χ0) is 8.99. The third-order valence-corrected chi connectivity index (χ3v) is 0.547. The van der Waals surface area contributed by atoms with E-state index in [-0.39, 0.29) is 12.7 Å². The Balaban J connectivity index is -0.000000105. The van der Waals surface area contributed by atoms with Crippen LogP contribution in [0, 0.1) is 0 Å². The molecule has 0 spiro atoms. The van der Waals surface area contributed by atoms with Crippen LogP contribution in [-0.4, -0.2) is 22.9 Å². The summed E-state index contributed by atoms with van der Waals surface area (Å²) in [5.74, 6) is 0. The third-order valence-electron chi connectivity index (χ3n) is 0.547. The molecule has 0 aromatic heterocycles. The first-order valence-electron chi connectivity index (χ1n) is 3.06. The molecule has 0 rings (SSSR count). The van der Waals surface area contributed by atoms with Crippen molar-refractivity contribution in [3.05, 3.63) is 26.3 Å². The summed E-state index contributed by atoms with van der Waals surface area (Å²) in [6.45, 7) is 13.7. The molecule has 0 aliphatic heterocycles. The van der Waals surface area contributed by atoms with Gasteiger partial charge < -0.3 is 10.2 Å². The van der Waals surface area contributed by atoms with Crippen molar-refractivity contribution >= 4 is 0 Å². The van der Waals surface area contributed by atoms with Crippen molar-refractivity contribution in [1.82, 2.24) is 0 Å². The van der Waals surface area contributed by atoms with E-state index in [2.05, 4.69) is 26.3 Å². The molecule has 1 unspecified atom stereocenters. The second-order valence-electron chi connectivity index (χ2n) is 1.36. The van der Waals surface area contributed by atoms with E-state index < -0.39 is 0 Å². The van der Waals surface area contributed by atoms with Gasteiger partial charge in [0, 0.05) is 6.61 Å². The molecule has 2 nitrogen and oxygen atoms in total. The van der Waals surface area contributed by atoms with E-state index in [0.717, 1.165) is 0 Å². The highest BCUT2D eigenvalue weighted by Gasteiger charge is 1.88. The Labute approximate surface area is 63.5 Å². The monoisotopic (exact) mass is 146 g/mol. The Morgan fingerprint density at radius 2 is 1.50 bits per heavy atom. The Hall–Kier alpha value is -0.600. The number of aliphatic hydroxyl groups excluding tert-OH is 2. The molecule has 0 aliphatic rings. The fourth-order valence-electron chi connectivity index (χ4n) is 0.187. The number of rotatable bonds is 2. The maximum atomic E-state index is 8.39. The Kier molecular flexibility index (Phi) is 38.5. The lowest BCUT2D eigenvalue weighted by atomic mass is 10.3. The Morgan fingerprint density at radius 3 is 1.50 bits per heavy atom. The van der Waals surface area contributed by atoms with Crippen LogP contribution in [0.4, 0.5) is 0 Å². The van der Waals surface area contributed by atoms with Gasteiger partial charge in [-0.1, -0.05) is 0 Å². The molecule has 0 amide bonds. The van der Waals surface area contributed by atoms with Crippen LogP contribution in [0.5, 0.6) is 0 Å². The molecule has 0 saturated heterocycles. The molecule has 0 aliphatic carbocycles. The lowest BCUT2D eigenvalue weighted by molar-refractivity contribution is 0.148. The van der Waals surface area contributed by atoms with E-state index in [4.69, 9.17) is 10.2 Å². The van der Waals surface area contributed by atoms with Gasteiger partial charge in [0.15, 0.2) is 0 Å². The zero-order valence-electron chi connectivity index (χ0n) is 6.71. The van der Waals surface area contributed by atoms with Crippen molar-refractivity contribution in [2.24, 2.45) is 0 Å². The van der Waals surface area contributed by atoms with Crippen LogP contribution < -0.4 is 0 Å². The van der Waals surface area contributed by atoms with Crippen molar-refractivity contribution in [3.63, 3.8) is 0 Å². The molecule has 10 heavy (non-hydrogen) atoms. The summed E-state index contributed by atoms with van der Waals surface area (Å²) in [5.41, 5.74) is 0. The molecule has 62 valence electrons. The molecule has 0 fully saturated rings. The lowest BCUT2D eigenvalue weighted by Gasteiger charge is -1.95. The minimum Gasteiger partial charge on any atom is -0.396 e. The molecule has 2 N–H and O–H groups in total. The molecule has 0 aromatic rings. The zero-order valence-corrected chi connectivity index (χ0v) is 6.71. The second kappa shape index (κ2) is 23.8. The van der Waals surface area contributed by atoms with Gasteiger partial charge in [-0.05, 0) is 13.3 Å². The molecular formula is C8H18O2. The first-order chi connectivity index (χ1) is 4.77. The van der Waals surface area contributed by atoms with Crippen molar-refractivity contribution in [2.45, 2.75) is 19.4 Å². The van der Waals surface area contributed by atoms with E-state index in [9.17, 15) is 0 Å². The fourth-order valence-corrected chi connectivity index (χ4v) is 0.187. The van der Waals surface area contributed by atoms with Gasteiger partial charge in [0.25, 0.3) is 0 Å². The van der Waals surface area contributed by atoms with E-state index in [1.165, 1.54) is 0 Å². The van der Waals surface area contributed by atoms with Gasteiger partial charge in [0.1, 0.15) is 0 Å². The number of hydrogen-bond donors (Lipinski definition) is 2. The predicted octanol–water partition coefficient (Wildman–Crippen LogP) is 1.35. The highest BCUT2D eigenvalue weighted by molar-refractivity contribution is 4.40. The van der Waals surface area contributed by atoms with Gasteiger partial charge in [0.2, 0.25) is 0 Å². The first-order valence-corrected chi connectivity index (χ1v) is 3.06. The van der Waals surface area contributed by atoms with E-state index in [1.54, 1.807) is 6.92 Å². The third kappa shape index (κ3) is 52.6. The van der Waals surface area contributed by atoms with Crippen LogP contribution in [0.25, 0.3) is 0 Å². The highest BCUT2D eigenvalue weighted by Crippen LogP contribution is 1.83. The largest absolute Gasteiger partial charge is 0.396 e. The first kappa shape index (κ1) is 16.2. The van der Waals surface area contributed by atoms with E-state index in [0.29, 0.717) is 6.42 Å². The van der Waals surface area contributed by atoms with Gasteiger partial charge in [-0.25, -0.2) is 0 Å². The summed E-state index contributed by atoms with van der Waals surface area (Å²) in [4.78, 5) is 0. The minimum atomic E-state index is -0.352. The average molecular weight is 146 g/mol. The molecule has 0 radical (unpaired) electrons. The minimum absolute atomic E-state index is 0.0810. The average Bonchev–Trinajstić information content (AvgIpc) is 1.96. The normalized spacial score (nSPS) is 9.50. The maximum absolute atomic E-state index is 8.39. The van der Waals surface area contributed by atoms with Crippen LogP contribution in [0.15, 0.2) is 26.3 Å². The van der Waals surface area contributed by atoms with Crippen molar-refractivity contribution in [3.8, 4) is 0 Å². The Bertz CT molecular complexity index is 42.5. The predicted molar refractivity (Wildman–Crippen MR) is 45.9 cm³/mol. The maximum Gasteiger partial charge on any atom is 0.0533 e. The number of aliphatic hydroxyl groups is 2. The van der Waals surface area contributed by atoms with Crippen molar-refractivity contribution < 1.29 is 10.2 Å². The summed E-state index contributed by atoms with van der Waals surface area (Å²) in [6.07, 6.45) is 0.134. The highest BCUT2D eigenvalue weighted by atomic mass is 16.3. The standard InChI is InChI=1S/C4H10O2.2C2H4/c1-4(6)2-3-5;2*1-2/h4-6H,2-3H2,1H3;2*1-2H2.